The summed E-state index contributed by atoms with van der Waals surface area (Å²) >= 11 is 0. The third kappa shape index (κ3) is 2.46. The van der Waals surface area contributed by atoms with Crippen molar-refractivity contribution in [2.75, 3.05) is 38.2 Å². The number of fused-ring (bicyclic) bond motifs is 1. The van der Waals surface area contributed by atoms with E-state index in [9.17, 15) is 9.90 Å². The molecule has 1 fully saturated rings. The first-order valence-corrected chi connectivity index (χ1v) is 7.91. The van der Waals surface area contributed by atoms with E-state index in [0.717, 1.165) is 55.6 Å². The Bertz CT molecular complexity index is 685. The lowest BCUT2D eigenvalue weighted by atomic mass is 10.1. The molecule has 5 nitrogen and oxygen atoms in total. The fourth-order valence-electron chi connectivity index (χ4n) is 3.29. The van der Waals surface area contributed by atoms with Crippen molar-refractivity contribution in [1.29, 1.82) is 0 Å². The minimum absolute atomic E-state index is 0.358. The lowest BCUT2D eigenvalue weighted by molar-refractivity contribution is -0.254. The van der Waals surface area contributed by atoms with Crippen LogP contribution >= 0.6 is 0 Å². The van der Waals surface area contributed by atoms with E-state index in [1.807, 2.05) is 24.3 Å². The van der Waals surface area contributed by atoms with Gasteiger partial charge in [-0.05, 0) is 19.5 Å². The van der Waals surface area contributed by atoms with E-state index in [0.29, 0.717) is 5.56 Å². The minimum Gasteiger partial charge on any atom is -0.545 e. The Hall–Kier alpha value is -2.01. The smallest absolute Gasteiger partial charge is 0.0740 e. The number of aromatic carboxylic acids is 1. The van der Waals surface area contributed by atoms with Gasteiger partial charge >= 0.3 is 0 Å². The van der Waals surface area contributed by atoms with Crippen LogP contribution in [0.25, 0.3) is 10.9 Å². The number of likely N-dealkylation sites (N-methyl/N-ethyl adjacent to an activating group) is 1. The van der Waals surface area contributed by atoms with Gasteiger partial charge in [0.1, 0.15) is 0 Å². The monoisotopic (exact) mass is 300 g/mol. The van der Waals surface area contributed by atoms with Crippen molar-refractivity contribution in [3.63, 3.8) is 0 Å². The van der Waals surface area contributed by atoms with Gasteiger partial charge in [-0.25, -0.2) is 0 Å². The number of rotatable bonds is 4. The number of carboxylic acid groups (broad SMARTS) is 1. The van der Waals surface area contributed by atoms with Crippen LogP contribution in [0.15, 0.2) is 24.3 Å². The van der Waals surface area contributed by atoms with E-state index < -0.39 is 5.97 Å². The molecule has 1 aromatic carbocycles. The van der Waals surface area contributed by atoms with Crippen LogP contribution in [-0.2, 0) is 6.42 Å². The SMILES string of the molecule is CCCc1c(C(=O)[O-])c2ccccc2n1N1CCN(C)CC1. The van der Waals surface area contributed by atoms with E-state index in [1.165, 1.54) is 0 Å². The summed E-state index contributed by atoms with van der Waals surface area (Å²) in [6.45, 7) is 5.85. The Morgan fingerprint density at radius 3 is 2.50 bits per heavy atom. The predicted molar refractivity (Wildman–Crippen MR) is 85.7 cm³/mol. The number of carbonyl (C=O) groups excluding carboxylic acids is 1. The molecule has 0 atom stereocenters. The molecule has 0 unspecified atom stereocenters. The Labute approximate surface area is 130 Å². The molecular weight excluding hydrogens is 278 g/mol. The van der Waals surface area contributed by atoms with E-state index in [-0.39, 0.29) is 0 Å². The van der Waals surface area contributed by atoms with Crippen LogP contribution in [0.1, 0.15) is 29.4 Å². The number of carbonyl (C=O) groups is 1. The van der Waals surface area contributed by atoms with Gasteiger partial charge in [-0.2, -0.15) is 0 Å². The van der Waals surface area contributed by atoms with Gasteiger partial charge in [-0.1, -0.05) is 31.5 Å². The molecule has 0 radical (unpaired) electrons. The average Bonchev–Trinajstić information content (AvgIpc) is 2.83. The summed E-state index contributed by atoms with van der Waals surface area (Å²) in [4.78, 5) is 14.0. The maximum Gasteiger partial charge on any atom is 0.0740 e. The van der Waals surface area contributed by atoms with E-state index in [1.54, 1.807) is 0 Å². The molecule has 22 heavy (non-hydrogen) atoms. The van der Waals surface area contributed by atoms with Crippen LogP contribution in [-0.4, -0.2) is 48.8 Å². The van der Waals surface area contributed by atoms with Gasteiger partial charge < -0.3 is 19.8 Å². The number of piperazine rings is 1. The van der Waals surface area contributed by atoms with Crippen LogP contribution in [0.4, 0.5) is 0 Å². The summed E-state index contributed by atoms with van der Waals surface area (Å²) in [5.41, 5.74) is 2.19. The minimum atomic E-state index is -1.08. The highest BCUT2D eigenvalue weighted by molar-refractivity contribution is 6.04. The number of para-hydroxylation sites is 1. The van der Waals surface area contributed by atoms with Gasteiger partial charge in [-0.3, -0.25) is 4.68 Å². The van der Waals surface area contributed by atoms with Crippen molar-refractivity contribution in [3.05, 3.63) is 35.5 Å². The van der Waals surface area contributed by atoms with Gasteiger partial charge in [-0.15, -0.1) is 0 Å². The fraction of sp³-hybridized carbons (Fsp3) is 0.471. The number of carboxylic acids is 1. The molecule has 0 bridgehead atoms. The molecule has 1 aliphatic rings. The van der Waals surface area contributed by atoms with Gasteiger partial charge in [0, 0.05) is 42.8 Å². The number of aromatic nitrogens is 1. The van der Waals surface area contributed by atoms with Crippen LogP contribution in [0.3, 0.4) is 0 Å². The summed E-state index contributed by atoms with van der Waals surface area (Å²) in [7, 11) is 2.12. The van der Waals surface area contributed by atoms with Gasteiger partial charge in [0.05, 0.1) is 11.5 Å². The lowest BCUT2D eigenvalue weighted by Crippen LogP contribution is -2.50. The second kappa shape index (κ2) is 6.01. The molecule has 118 valence electrons. The molecule has 0 spiro atoms. The molecule has 5 heteroatoms. The molecule has 3 rings (SSSR count). The molecule has 2 heterocycles. The second-order valence-electron chi connectivity index (χ2n) is 5.95. The quantitative estimate of drug-likeness (QED) is 0.840. The zero-order chi connectivity index (χ0) is 15.7. The van der Waals surface area contributed by atoms with Crippen LogP contribution in [0, 0.1) is 0 Å². The normalized spacial score (nSPS) is 16.4. The predicted octanol–water partition coefficient (Wildman–Crippen LogP) is 0.841. The van der Waals surface area contributed by atoms with Crippen molar-refractivity contribution in [3.8, 4) is 0 Å². The Kier molecular flexibility index (Phi) is 4.07. The Balaban J connectivity index is 2.18. The topological polar surface area (TPSA) is 51.5 Å². The van der Waals surface area contributed by atoms with Crippen molar-refractivity contribution in [1.82, 2.24) is 9.58 Å². The largest absolute Gasteiger partial charge is 0.545 e. The number of hydrogen-bond donors (Lipinski definition) is 0. The van der Waals surface area contributed by atoms with Crippen molar-refractivity contribution in [2.24, 2.45) is 0 Å². The van der Waals surface area contributed by atoms with Gasteiger partial charge in [0.25, 0.3) is 0 Å². The molecule has 0 aliphatic carbocycles. The van der Waals surface area contributed by atoms with E-state index in [4.69, 9.17) is 0 Å². The molecule has 0 amide bonds. The highest BCUT2D eigenvalue weighted by atomic mass is 16.4. The van der Waals surface area contributed by atoms with Crippen LogP contribution in [0.2, 0.25) is 0 Å². The Morgan fingerprint density at radius 1 is 1.18 bits per heavy atom. The van der Waals surface area contributed by atoms with Crippen molar-refractivity contribution < 1.29 is 9.90 Å². The van der Waals surface area contributed by atoms with E-state index >= 15 is 0 Å². The summed E-state index contributed by atoms with van der Waals surface area (Å²) in [6.07, 6.45) is 1.65. The average molecular weight is 300 g/mol. The molecule has 1 aromatic heterocycles. The number of nitrogens with zero attached hydrogens (tertiary/aromatic N) is 3. The van der Waals surface area contributed by atoms with Gasteiger partial charge in [0.2, 0.25) is 0 Å². The molecular formula is C17H22N3O2-. The van der Waals surface area contributed by atoms with Crippen LogP contribution in [0.5, 0.6) is 0 Å². The van der Waals surface area contributed by atoms with Gasteiger partial charge in [0.15, 0.2) is 0 Å². The van der Waals surface area contributed by atoms with Crippen LogP contribution < -0.4 is 10.1 Å². The summed E-state index contributed by atoms with van der Waals surface area (Å²) in [5.74, 6) is -1.08. The first kappa shape index (κ1) is 14.9. The number of hydrogen-bond acceptors (Lipinski definition) is 4. The maximum absolute atomic E-state index is 11.7. The molecule has 1 aliphatic heterocycles. The highest BCUT2D eigenvalue weighted by Crippen LogP contribution is 2.27. The lowest BCUT2D eigenvalue weighted by Gasteiger charge is -2.36. The first-order valence-electron chi connectivity index (χ1n) is 7.91. The number of benzene rings is 1. The molecule has 0 N–H and O–H groups in total. The van der Waals surface area contributed by atoms with Crippen molar-refractivity contribution >= 4 is 16.9 Å². The molecule has 1 saturated heterocycles. The Morgan fingerprint density at radius 2 is 1.86 bits per heavy atom. The molecule has 0 saturated carbocycles. The standard InChI is InChI=1S/C17H23N3O2/c1-3-6-15-16(17(21)22)13-7-4-5-8-14(13)20(15)19-11-9-18(2)10-12-19/h4-5,7-8H,3,6,9-12H2,1-2H3,(H,21,22)/p-1. The third-order valence-electron chi connectivity index (χ3n) is 4.40. The highest BCUT2D eigenvalue weighted by Gasteiger charge is 2.23. The second-order valence-corrected chi connectivity index (χ2v) is 5.95. The summed E-state index contributed by atoms with van der Waals surface area (Å²) in [5, 5.41) is 14.8. The zero-order valence-corrected chi connectivity index (χ0v) is 13.2. The van der Waals surface area contributed by atoms with E-state index in [2.05, 4.69) is 28.6 Å². The first-order chi connectivity index (χ1) is 10.6. The summed E-state index contributed by atoms with van der Waals surface area (Å²) in [6, 6.07) is 7.73. The maximum atomic E-state index is 11.7. The van der Waals surface area contributed by atoms with Crippen molar-refractivity contribution in [2.45, 2.75) is 19.8 Å². The fourth-order valence-corrected chi connectivity index (χ4v) is 3.29. The summed E-state index contributed by atoms with van der Waals surface area (Å²) < 4.78 is 2.12. The zero-order valence-electron chi connectivity index (χ0n) is 13.2. The molecule has 2 aromatic rings. The third-order valence-corrected chi connectivity index (χ3v) is 4.40.